The summed E-state index contributed by atoms with van der Waals surface area (Å²) >= 11 is 4.44. The van der Waals surface area contributed by atoms with E-state index in [-0.39, 0.29) is 5.84 Å². The molecule has 0 radical (unpaired) electrons. The molecule has 0 unspecified atom stereocenters. The van der Waals surface area contributed by atoms with Gasteiger partial charge in [0.1, 0.15) is 11.6 Å². The fourth-order valence-corrected chi connectivity index (χ4v) is 3.10. The summed E-state index contributed by atoms with van der Waals surface area (Å²) in [6.45, 7) is 0. The van der Waals surface area contributed by atoms with Gasteiger partial charge in [-0.25, -0.2) is 8.78 Å². The Morgan fingerprint density at radius 2 is 1.95 bits per heavy atom. The van der Waals surface area contributed by atoms with Gasteiger partial charge < -0.3 is 10.9 Å². The molecule has 0 heterocycles. The number of rotatable bonds is 3. The molecule has 0 aliphatic carbocycles. The average molecular weight is 359 g/mol. The Hall–Kier alpha value is -1.60. The maximum atomic E-state index is 13.6. The second-order valence-corrected chi connectivity index (χ2v) is 5.77. The molecule has 0 fully saturated rings. The normalized spacial score (nSPS) is 11.7. The molecule has 0 atom stereocenters. The number of nitrogens with two attached hydrogens (primary N) is 1. The zero-order valence-corrected chi connectivity index (χ0v) is 12.4. The van der Waals surface area contributed by atoms with Crippen LogP contribution in [0.4, 0.5) is 8.78 Å². The van der Waals surface area contributed by atoms with Gasteiger partial charge in [0, 0.05) is 25.9 Å². The average Bonchev–Trinajstić information content (AvgIpc) is 2.41. The number of hydrogen-bond donors (Lipinski definition) is 2. The molecule has 7 heteroatoms. The number of oxime groups is 1. The molecule has 2 aromatic rings. The second kappa shape index (κ2) is 6.23. The maximum Gasteiger partial charge on any atom is 0.171 e. The lowest BCUT2D eigenvalue weighted by Gasteiger charge is -2.07. The minimum Gasteiger partial charge on any atom is -0.409 e. The molecule has 2 aromatic carbocycles. The van der Waals surface area contributed by atoms with Crippen molar-refractivity contribution in [3.63, 3.8) is 0 Å². The van der Waals surface area contributed by atoms with Gasteiger partial charge in [-0.1, -0.05) is 16.9 Å². The third-order valence-electron chi connectivity index (χ3n) is 2.45. The monoisotopic (exact) mass is 358 g/mol. The molecule has 20 heavy (non-hydrogen) atoms. The predicted octanol–water partition coefficient (Wildman–Crippen LogP) is 3.97. The SMILES string of the molecule is N/C(=N/O)c1ccc(Sc2ccc(F)cc2F)cc1Br. The van der Waals surface area contributed by atoms with Crippen molar-refractivity contribution in [1.82, 2.24) is 0 Å². The first-order valence-electron chi connectivity index (χ1n) is 5.41. The summed E-state index contributed by atoms with van der Waals surface area (Å²) in [4.78, 5) is 1.05. The van der Waals surface area contributed by atoms with Crippen LogP contribution in [0.25, 0.3) is 0 Å². The van der Waals surface area contributed by atoms with Crippen LogP contribution >= 0.6 is 27.7 Å². The van der Waals surface area contributed by atoms with Gasteiger partial charge in [0.05, 0.1) is 0 Å². The quantitative estimate of drug-likeness (QED) is 0.377. The largest absolute Gasteiger partial charge is 0.409 e. The Balaban J connectivity index is 2.29. The minimum atomic E-state index is -0.619. The number of benzene rings is 2. The zero-order chi connectivity index (χ0) is 14.7. The van der Waals surface area contributed by atoms with Crippen LogP contribution < -0.4 is 5.73 Å². The Labute approximate surface area is 126 Å². The summed E-state index contributed by atoms with van der Waals surface area (Å²) in [6.07, 6.45) is 0. The minimum absolute atomic E-state index is 0.0265. The predicted molar refractivity (Wildman–Crippen MR) is 77.1 cm³/mol. The molecular formula is C13H9BrF2N2OS. The van der Waals surface area contributed by atoms with E-state index in [9.17, 15) is 8.78 Å². The van der Waals surface area contributed by atoms with Crippen LogP contribution in [0.1, 0.15) is 5.56 Å². The van der Waals surface area contributed by atoms with E-state index in [2.05, 4.69) is 21.1 Å². The highest BCUT2D eigenvalue weighted by Crippen LogP contribution is 2.32. The summed E-state index contributed by atoms with van der Waals surface area (Å²) < 4.78 is 27.0. The van der Waals surface area contributed by atoms with Crippen molar-refractivity contribution in [2.24, 2.45) is 10.9 Å². The van der Waals surface area contributed by atoms with Gasteiger partial charge in [0.2, 0.25) is 0 Å². The van der Waals surface area contributed by atoms with Crippen LogP contribution in [0.2, 0.25) is 0 Å². The first-order valence-corrected chi connectivity index (χ1v) is 7.02. The van der Waals surface area contributed by atoms with Gasteiger partial charge in [-0.2, -0.15) is 0 Å². The maximum absolute atomic E-state index is 13.6. The van der Waals surface area contributed by atoms with Crippen molar-refractivity contribution in [2.75, 3.05) is 0 Å². The van der Waals surface area contributed by atoms with Crippen LogP contribution in [0.3, 0.4) is 0 Å². The molecule has 0 spiro atoms. The molecule has 0 saturated heterocycles. The number of amidine groups is 1. The molecule has 3 nitrogen and oxygen atoms in total. The lowest BCUT2D eigenvalue weighted by atomic mass is 10.2. The number of halogens is 3. The van der Waals surface area contributed by atoms with Crippen molar-refractivity contribution < 1.29 is 14.0 Å². The first kappa shape index (κ1) is 14.8. The van der Waals surface area contributed by atoms with E-state index >= 15 is 0 Å². The van der Waals surface area contributed by atoms with E-state index in [0.717, 1.165) is 22.7 Å². The first-order chi connectivity index (χ1) is 9.51. The molecular weight excluding hydrogens is 350 g/mol. The number of hydrogen-bond acceptors (Lipinski definition) is 3. The summed E-state index contributed by atoms with van der Waals surface area (Å²) in [5, 5.41) is 11.5. The van der Waals surface area contributed by atoms with Crippen molar-refractivity contribution in [2.45, 2.75) is 9.79 Å². The summed E-state index contributed by atoms with van der Waals surface area (Å²) in [5.41, 5.74) is 6.02. The van der Waals surface area contributed by atoms with E-state index in [0.29, 0.717) is 14.9 Å². The molecule has 0 amide bonds. The van der Waals surface area contributed by atoms with Crippen molar-refractivity contribution in [3.05, 3.63) is 58.1 Å². The van der Waals surface area contributed by atoms with Gasteiger partial charge in [-0.15, -0.1) is 0 Å². The molecule has 0 bridgehead atoms. The zero-order valence-electron chi connectivity index (χ0n) is 9.98. The van der Waals surface area contributed by atoms with E-state index in [4.69, 9.17) is 10.9 Å². The summed E-state index contributed by atoms with van der Waals surface area (Å²) in [7, 11) is 0. The summed E-state index contributed by atoms with van der Waals surface area (Å²) in [5.74, 6) is -1.26. The van der Waals surface area contributed by atoms with Crippen LogP contribution in [0, 0.1) is 11.6 Å². The number of nitrogens with zero attached hydrogens (tertiary/aromatic N) is 1. The van der Waals surface area contributed by atoms with Crippen molar-refractivity contribution >= 4 is 33.5 Å². The van der Waals surface area contributed by atoms with Crippen LogP contribution in [-0.4, -0.2) is 11.0 Å². The standard InChI is InChI=1S/C13H9BrF2N2OS/c14-10-6-8(2-3-9(10)13(17)18-19)20-12-4-1-7(15)5-11(12)16/h1-6,19H,(H2,17,18). The van der Waals surface area contributed by atoms with E-state index in [1.54, 1.807) is 18.2 Å². The van der Waals surface area contributed by atoms with Crippen LogP contribution in [0.15, 0.2) is 55.8 Å². The molecule has 3 N–H and O–H groups in total. The Kier molecular flexibility index (Phi) is 4.61. The Morgan fingerprint density at radius 3 is 2.55 bits per heavy atom. The highest BCUT2D eigenvalue weighted by Gasteiger charge is 2.09. The van der Waals surface area contributed by atoms with Crippen molar-refractivity contribution in [1.29, 1.82) is 0 Å². The highest BCUT2D eigenvalue weighted by molar-refractivity contribution is 9.10. The smallest absolute Gasteiger partial charge is 0.171 e. The lowest BCUT2D eigenvalue weighted by molar-refractivity contribution is 0.318. The van der Waals surface area contributed by atoms with Gasteiger partial charge in [-0.05, 0) is 46.3 Å². The van der Waals surface area contributed by atoms with E-state index in [1.807, 2.05) is 0 Å². The molecule has 0 aliphatic heterocycles. The molecule has 2 rings (SSSR count). The van der Waals surface area contributed by atoms with Gasteiger partial charge in [0.15, 0.2) is 5.84 Å². The highest BCUT2D eigenvalue weighted by atomic mass is 79.9. The van der Waals surface area contributed by atoms with E-state index < -0.39 is 11.6 Å². The Morgan fingerprint density at radius 1 is 1.20 bits per heavy atom. The van der Waals surface area contributed by atoms with Crippen LogP contribution in [0.5, 0.6) is 0 Å². The van der Waals surface area contributed by atoms with Gasteiger partial charge in [0.25, 0.3) is 0 Å². The van der Waals surface area contributed by atoms with E-state index in [1.165, 1.54) is 12.1 Å². The topological polar surface area (TPSA) is 58.6 Å². The molecule has 104 valence electrons. The fraction of sp³-hybridized carbons (Fsp3) is 0. The summed E-state index contributed by atoms with van der Waals surface area (Å²) in [6, 6.07) is 8.46. The third kappa shape index (κ3) is 3.29. The van der Waals surface area contributed by atoms with Gasteiger partial charge in [-0.3, -0.25) is 0 Å². The van der Waals surface area contributed by atoms with Crippen LogP contribution in [-0.2, 0) is 0 Å². The van der Waals surface area contributed by atoms with Gasteiger partial charge >= 0.3 is 0 Å². The van der Waals surface area contributed by atoms with Crippen molar-refractivity contribution in [3.8, 4) is 0 Å². The fourth-order valence-electron chi connectivity index (χ4n) is 1.51. The molecule has 0 aromatic heterocycles. The lowest BCUT2D eigenvalue weighted by Crippen LogP contribution is -2.13. The Bertz CT molecular complexity index is 679. The second-order valence-electron chi connectivity index (χ2n) is 3.80. The molecule has 0 saturated carbocycles. The third-order valence-corrected chi connectivity index (χ3v) is 4.14. The molecule has 0 aliphatic rings.